The number of hydrogen-bond donors (Lipinski definition) is 0. The third-order valence-corrected chi connectivity index (χ3v) is 4.64. The Bertz CT molecular complexity index is 633. The van der Waals surface area contributed by atoms with Crippen LogP contribution in [0.1, 0.15) is 17.9 Å². The lowest BCUT2D eigenvalue weighted by molar-refractivity contribution is -0.130. The molecule has 0 N–H and O–H groups in total. The summed E-state index contributed by atoms with van der Waals surface area (Å²) in [4.78, 5) is 18.4. The maximum absolute atomic E-state index is 12.1. The second-order valence-electron chi connectivity index (χ2n) is 5.37. The number of carbonyl (C=O) groups is 1. The van der Waals surface area contributed by atoms with Gasteiger partial charge in [0.15, 0.2) is 0 Å². The predicted octanol–water partition coefficient (Wildman–Crippen LogP) is 2.55. The van der Waals surface area contributed by atoms with Crippen LogP contribution in [0.4, 0.5) is 0 Å². The number of amides is 1. The molecule has 1 saturated heterocycles. The first-order valence-corrected chi connectivity index (χ1v) is 8.63. The van der Waals surface area contributed by atoms with Gasteiger partial charge in [0, 0.05) is 43.0 Å². The van der Waals surface area contributed by atoms with Gasteiger partial charge in [0.05, 0.1) is 0 Å². The van der Waals surface area contributed by atoms with Crippen molar-refractivity contribution in [3.05, 3.63) is 35.7 Å². The van der Waals surface area contributed by atoms with Gasteiger partial charge in [0.1, 0.15) is 0 Å². The highest BCUT2D eigenvalue weighted by molar-refractivity contribution is 7.99. The van der Waals surface area contributed by atoms with E-state index in [0.29, 0.717) is 24.6 Å². The van der Waals surface area contributed by atoms with E-state index in [2.05, 4.69) is 10.1 Å². The molecule has 1 aromatic carbocycles. The smallest absolute Gasteiger partial charge is 0.227 e. The highest BCUT2D eigenvalue weighted by atomic mass is 32.2. The third-order valence-electron chi connectivity index (χ3n) is 3.69. The molecule has 3 rings (SSSR count). The van der Waals surface area contributed by atoms with Gasteiger partial charge >= 0.3 is 0 Å². The largest absolute Gasteiger partial charge is 0.341 e. The molecule has 0 aliphatic carbocycles. The number of nitrogens with zero attached hydrogens (tertiary/aromatic N) is 3. The van der Waals surface area contributed by atoms with E-state index < -0.39 is 0 Å². The van der Waals surface area contributed by atoms with Crippen molar-refractivity contribution in [3.8, 4) is 11.4 Å². The molecule has 1 aromatic heterocycles. The van der Waals surface area contributed by atoms with Crippen LogP contribution in [-0.4, -0.2) is 45.5 Å². The average molecular weight is 317 g/mol. The van der Waals surface area contributed by atoms with Gasteiger partial charge in [-0.3, -0.25) is 4.79 Å². The molecular weight excluding hydrogens is 298 g/mol. The van der Waals surface area contributed by atoms with Crippen molar-refractivity contribution in [1.29, 1.82) is 0 Å². The Kier molecular flexibility index (Phi) is 4.77. The van der Waals surface area contributed by atoms with Gasteiger partial charge in [-0.2, -0.15) is 16.7 Å². The summed E-state index contributed by atoms with van der Waals surface area (Å²) in [5, 5.41) is 3.99. The number of hydrogen-bond acceptors (Lipinski definition) is 5. The van der Waals surface area contributed by atoms with E-state index in [9.17, 15) is 4.79 Å². The lowest BCUT2D eigenvalue weighted by atomic mass is 10.1. The Balaban J connectivity index is 1.57. The van der Waals surface area contributed by atoms with Crippen LogP contribution in [-0.2, 0) is 11.2 Å². The fraction of sp³-hybridized carbons (Fsp3) is 0.438. The van der Waals surface area contributed by atoms with Gasteiger partial charge in [0.2, 0.25) is 17.6 Å². The summed E-state index contributed by atoms with van der Waals surface area (Å²) in [7, 11) is 0. The quantitative estimate of drug-likeness (QED) is 0.867. The average Bonchev–Trinajstić information content (AvgIpc) is 3.03. The monoisotopic (exact) mass is 317 g/mol. The Hall–Kier alpha value is -1.82. The Labute approximate surface area is 134 Å². The van der Waals surface area contributed by atoms with Crippen LogP contribution in [0.3, 0.4) is 0 Å². The molecule has 116 valence electrons. The van der Waals surface area contributed by atoms with Crippen LogP contribution >= 0.6 is 11.8 Å². The van der Waals surface area contributed by atoms with E-state index in [-0.39, 0.29) is 5.91 Å². The van der Waals surface area contributed by atoms with Crippen LogP contribution in [0, 0.1) is 6.92 Å². The minimum atomic E-state index is 0.176. The van der Waals surface area contributed by atoms with E-state index in [0.717, 1.165) is 30.2 Å². The fourth-order valence-corrected chi connectivity index (χ4v) is 3.26. The highest BCUT2D eigenvalue weighted by Crippen LogP contribution is 2.17. The lowest BCUT2D eigenvalue weighted by Crippen LogP contribution is -2.37. The van der Waals surface area contributed by atoms with Gasteiger partial charge in [-0.15, -0.1) is 0 Å². The SMILES string of the molecule is Cc1ccc(-c2noc(CCC(=O)N3CCSCC3)n2)cc1. The summed E-state index contributed by atoms with van der Waals surface area (Å²) in [6.07, 6.45) is 0.932. The first-order chi connectivity index (χ1) is 10.7. The van der Waals surface area contributed by atoms with Crippen molar-refractivity contribution in [2.24, 2.45) is 0 Å². The van der Waals surface area contributed by atoms with Crippen LogP contribution < -0.4 is 0 Å². The van der Waals surface area contributed by atoms with Crippen LogP contribution in [0.5, 0.6) is 0 Å². The van der Waals surface area contributed by atoms with Crippen LogP contribution in [0.2, 0.25) is 0 Å². The molecule has 1 aliphatic heterocycles. The summed E-state index contributed by atoms with van der Waals surface area (Å²) < 4.78 is 5.25. The van der Waals surface area contributed by atoms with Gasteiger partial charge < -0.3 is 9.42 Å². The molecule has 0 spiro atoms. The van der Waals surface area contributed by atoms with Gasteiger partial charge in [-0.05, 0) is 6.92 Å². The Morgan fingerprint density at radius 2 is 2.00 bits per heavy atom. The standard InChI is InChI=1S/C16H19N3O2S/c1-12-2-4-13(5-3-12)16-17-14(21-18-16)6-7-15(20)19-8-10-22-11-9-19/h2-5H,6-11H2,1H3. The molecule has 0 bridgehead atoms. The molecule has 0 radical (unpaired) electrons. The van der Waals surface area contributed by atoms with E-state index in [1.807, 2.05) is 47.9 Å². The van der Waals surface area contributed by atoms with Gasteiger partial charge in [0.25, 0.3) is 0 Å². The van der Waals surface area contributed by atoms with E-state index in [1.165, 1.54) is 5.56 Å². The molecule has 0 unspecified atom stereocenters. The normalized spacial score (nSPS) is 15.0. The number of benzene rings is 1. The van der Waals surface area contributed by atoms with Crippen LogP contribution in [0.25, 0.3) is 11.4 Å². The van der Waals surface area contributed by atoms with Gasteiger partial charge in [-0.1, -0.05) is 35.0 Å². The van der Waals surface area contributed by atoms with Crippen molar-refractivity contribution in [2.75, 3.05) is 24.6 Å². The molecule has 6 heteroatoms. The maximum Gasteiger partial charge on any atom is 0.227 e. The molecule has 22 heavy (non-hydrogen) atoms. The zero-order valence-electron chi connectivity index (χ0n) is 12.6. The van der Waals surface area contributed by atoms with Crippen molar-refractivity contribution < 1.29 is 9.32 Å². The minimum absolute atomic E-state index is 0.176. The molecule has 2 aromatic rings. The molecule has 1 aliphatic rings. The summed E-state index contributed by atoms with van der Waals surface area (Å²) >= 11 is 1.90. The minimum Gasteiger partial charge on any atom is -0.341 e. The molecule has 0 saturated carbocycles. The van der Waals surface area contributed by atoms with Crippen LogP contribution in [0.15, 0.2) is 28.8 Å². The van der Waals surface area contributed by atoms with Crippen molar-refractivity contribution in [2.45, 2.75) is 19.8 Å². The Morgan fingerprint density at radius 1 is 1.27 bits per heavy atom. The van der Waals surface area contributed by atoms with E-state index >= 15 is 0 Å². The molecular formula is C16H19N3O2S. The molecule has 1 fully saturated rings. The highest BCUT2D eigenvalue weighted by Gasteiger charge is 2.18. The molecule has 2 heterocycles. The first kappa shape index (κ1) is 15.1. The van der Waals surface area contributed by atoms with Gasteiger partial charge in [-0.25, -0.2) is 0 Å². The summed E-state index contributed by atoms with van der Waals surface area (Å²) in [6.45, 7) is 3.74. The zero-order chi connectivity index (χ0) is 15.4. The van der Waals surface area contributed by atoms with Crippen molar-refractivity contribution >= 4 is 17.7 Å². The number of thioether (sulfide) groups is 1. The topological polar surface area (TPSA) is 59.2 Å². The van der Waals surface area contributed by atoms with Crippen molar-refractivity contribution in [1.82, 2.24) is 15.0 Å². The van der Waals surface area contributed by atoms with E-state index in [4.69, 9.17) is 4.52 Å². The van der Waals surface area contributed by atoms with E-state index in [1.54, 1.807) is 0 Å². The zero-order valence-corrected chi connectivity index (χ0v) is 13.4. The summed E-state index contributed by atoms with van der Waals surface area (Å²) in [6, 6.07) is 7.98. The predicted molar refractivity (Wildman–Crippen MR) is 86.7 cm³/mol. The molecule has 0 atom stereocenters. The fourth-order valence-electron chi connectivity index (χ4n) is 2.36. The maximum atomic E-state index is 12.1. The summed E-state index contributed by atoms with van der Waals surface area (Å²) in [5.74, 6) is 3.34. The third kappa shape index (κ3) is 3.68. The number of rotatable bonds is 4. The molecule has 1 amide bonds. The molecule has 5 nitrogen and oxygen atoms in total. The Morgan fingerprint density at radius 3 is 2.73 bits per heavy atom. The second kappa shape index (κ2) is 6.96. The second-order valence-corrected chi connectivity index (χ2v) is 6.60. The summed E-state index contributed by atoms with van der Waals surface area (Å²) in [5.41, 5.74) is 2.12. The number of aromatic nitrogens is 2. The number of aryl methyl sites for hydroxylation is 2. The number of carbonyl (C=O) groups excluding carboxylic acids is 1. The first-order valence-electron chi connectivity index (χ1n) is 7.47. The van der Waals surface area contributed by atoms with Crippen molar-refractivity contribution in [3.63, 3.8) is 0 Å². The lowest BCUT2D eigenvalue weighted by Gasteiger charge is -2.26.